The molecule has 0 unspecified atom stereocenters. The van der Waals surface area contributed by atoms with Crippen LogP contribution < -0.4 is 0 Å². The van der Waals surface area contributed by atoms with Crippen LogP contribution in [0.3, 0.4) is 0 Å². The second-order valence-corrected chi connectivity index (χ2v) is 9.21. The van der Waals surface area contributed by atoms with Gasteiger partial charge in [0.15, 0.2) is 0 Å². The van der Waals surface area contributed by atoms with Crippen LogP contribution in [0.5, 0.6) is 0 Å². The summed E-state index contributed by atoms with van der Waals surface area (Å²) in [5.74, 6) is 0. The SMILES string of the molecule is CC1=[C]([Ru][C]2=C(C)C=CCC2(C)C)C(C)(C)CC=C1. The van der Waals surface area contributed by atoms with E-state index in [1.807, 2.05) is 0 Å². The molecule has 19 heavy (non-hydrogen) atoms. The molecule has 0 saturated heterocycles. The van der Waals surface area contributed by atoms with Crippen LogP contribution in [0.25, 0.3) is 0 Å². The van der Waals surface area contributed by atoms with Gasteiger partial charge in [0.2, 0.25) is 0 Å². The summed E-state index contributed by atoms with van der Waals surface area (Å²) in [5.41, 5.74) is 3.73. The number of allylic oxidation sites excluding steroid dienone is 8. The number of rotatable bonds is 2. The van der Waals surface area contributed by atoms with Gasteiger partial charge >= 0.3 is 126 Å². The number of hydrogen-bond acceptors (Lipinski definition) is 0. The molecular weight excluding hydrogens is 317 g/mol. The van der Waals surface area contributed by atoms with Crippen LogP contribution in [0.15, 0.2) is 43.8 Å². The average molecular weight is 343 g/mol. The maximum absolute atomic E-state index is 2.41. The van der Waals surface area contributed by atoms with Gasteiger partial charge in [-0.3, -0.25) is 0 Å². The molecule has 2 aliphatic carbocycles. The second kappa shape index (κ2) is 5.17. The molecule has 0 amide bonds. The van der Waals surface area contributed by atoms with Gasteiger partial charge < -0.3 is 0 Å². The topological polar surface area (TPSA) is 0 Å². The predicted octanol–water partition coefficient (Wildman–Crippen LogP) is 5.59. The first-order chi connectivity index (χ1) is 8.74. The number of hydrogen-bond donors (Lipinski definition) is 0. The van der Waals surface area contributed by atoms with E-state index >= 15 is 0 Å². The van der Waals surface area contributed by atoms with E-state index in [4.69, 9.17) is 0 Å². The van der Waals surface area contributed by atoms with Gasteiger partial charge in [-0.15, -0.1) is 0 Å². The van der Waals surface area contributed by atoms with Crippen molar-refractivity contribution in [2.24, 2.45) is 10.8 Å². The van der Waals surface area contributed by atoms with Crippen molar-refractivity contribution in [1.82, 2.24) is 0 Å². The molecular formula is C18H26Ru. The first-order valence-electron chi connectivity index (χ1n) is 7.12. The summed E-state index contributed by atoms with van der Waals surface area (Å²) in [6, 6.07) is 0. The van der Waals surface area contributed by atoms with Gasteiger partial charge in [0.1, 0.15) is 0 Å². The quantitative estimate of drug-likeness (QED) is 0.573. The first-order valence-corrected chi connectivity index (χ1v) is 8.86. The molecule has 0 aromatic heterocycles. The van der Waals surface area contributed by atoms with Crippen LogP contribution in [-0.4, -0.2) is 0 Å². The van der Waals surface area contributed by atoms with E-state index in [1.165, 1.54) is 24.0 Å². The Kier molecular flexibility index (Phi) is 4.08. The summed E-state index contributed by atoms with van der Waals surface area (Å²) in [7, 11) is 0. The van der Waals surface area contributed by atoms with Crippen LogP contribution in [-0.2, 0) is 17.1 Å². The Labute approximate surface area is 126 Å². The Morgan fingerprint density at radius 2 is 1.16 bits per heavy atom. The van der Waals surface area contributed by atoms with Crippen LogP contribution in [0, 0.1) is 10.8 Å². The van der Waals surface area contributed by atoms with E-state index in [-0.39, 0.29) is 17.1 Å². The summed E-state index contributed by atoms with van der Waals surface area (Å²) in [4.78, 5) is 0. The van der Waals surface area contributed by atoms with Gasteiger partial charge in [0.25, 0.3) is 0 Å². The first kappa shape index (κ1) is 15.0. The van der Waals surface area contributed by atoms with Crippen molar-refractivity contribution in [2.75, 3.05) is 0 Å². The van der Waals surface area contributed by atoms with Crippen LogP contribution in [0.2, 0.25) is 0 Å². The van der Waals surface area contributed by atoms with E-state index in [9.17, 15) is 0 Å². The van der Waals surface area contributed by atoms with E-state index in [0.29, 0.717) is 10.8 Å². The molecule has 2 aliphatic rings. The van der Waals surface area contributed by atoms with Gasteiger partial charge in [-0.05, 0) is 0 Å². The van der Waals surface area contributed by atoms with Crippen LogP contribution in [0.1, 0.15) is 54.4 Å². The molecule has 0 heterocycles. The van der Waals surface area contributed by atoms with Gasteiger partial charge in [-0.1, -0.05) is 0 Å². The average Bonchev–Trinajstić information content (AvgIpc) is 2.25. The normalized spacial score (nSPS) is 25.4. The third-order valence-electron chi connectivity index (χ3n) is 4.00. The van der Waals surface area contributed by atoms with E-state index < -0.39 is 0 Å². The Hall–Kier alpha value is -0.417. The Morgan fingerprint density at radius 1 is 0.789 bits per heavy atom. The Morgan fingerprint density at radius 3 is 1.47 bits per heavy atom. The monoisotopic (exact) mass is 344 g/mol. The minimum atomic E-state index is 0.191. The summed E-state index contributed by atoms with van der Waals surface area (Å²) in [6.07, 6.45) is 11.7. The molecule has 0 fully saturated rings. The molecule has 0 aliphatic heterocycles. The van der Waals surface area contributed by atoms with Crippen molar-refractivity contribution in [3.8, 4) is 0 Å². The van der Waals surface area contributed by atoms with Crippen molar-refractivity contribution in [3.63, 3.8) is 0 Å². The van der Waals surface area contributed by atoms with Crippen molar-refractivity contribution in [2.45, 2.75) is 54.4 Å². The molecule has 0 N–H and O–H groups in total. The summed E-state index contributed by atoms with van der Waals surface area (Å²) in [6.45, 7) is 14.2. The molecule has 2 rings (SSSR count). The fraction of sp³-hybridized carbons (Fsp3) is 0.556. The zero-order chi connectivity index (χ0) is 14.3. The van der Waals surface area contributed by atoms with Crippen molar-refractivity contribution >= 4 is 0 Å². The molecule has 0 aromatic rings. The predicted molar refractivity (Wildman–Crippen MR) is 80.5 cm³/mol. The molecule has 0 atom stereocenters. The Bertz CT molecular complexity index is 450. The van der Waals surface area contributed by atoms with Gasteiger partial charge in [0, 0.05) is 0 Å². The summed E-state index contributed by atoms with van der Waals surface area (Å²) >= 11 is 0.191. The van der Waals surface area contributed by atoms with Crippen molar-refractivity contribution in [1.29, 1.82) is 0 Å². The molecule has 106 valence electrons. The van der Waals surface area contributed by atoms with Crippen molar-refractivity contribution < 1.29 is 17.1 Å². The minimum absolute atomic E-state index is 0.191. The molecule has 0 bridgehead atoms. The van der Waals surface area contributed by atoms with E-state index in [2.05, 4.69) is 65.8 Å². The standard InChI is InChI=1S/2C9H13.Ru/c2*1-8-5-4-6-9(2,3)7-8;/h2*4-5H,6H2,1-3H3;. The van der Waals surface area contributed by atoms with Gasteiger partial charge in [0.05, 0.1) is 0 Å². The summed E-state index contributed by atoms with van der Waals surface area (Å²) in [5, 5.41) is 0. The molecule has 0 nitrogen and oxygen atoms in total. The van der Waals surface area contributed by atoms with Crippen LogP contribution in [0.4, 0.5) is 0 Å². The zero-order valence-corrected chi connectivity index (χ0v) is 14.8. The third-order valence-corrected chi connectivity index (χ3v) is 8.59. The molecule has 0 aromatic carbocycles. The molecule has 1 heteroatoms. The fourth-order valence-electron chi connectivity index (χ4n) is 2.91. The zero-order valence-electron chi connectivity index (χ0n) is 13.1. The fourth-order valence-corrected chi connectivity index (χ4v) is 5.85. The van der Waals surface area contributed by atoms with Gasteiger partial charge in [-0.2, -0.15) is 0 Å². The second-order valence-electron chi connectivity index (χ2n) is 7.04. The van der Waals surface area contributed by atoms with Crippen LogP contribution >= 0.6 is 0 Å². The van der Waals surface area contributed by atoms with Gasteiger partial charge in [-0.25, -0.2) is 0 Å². The van der Waals surface area contributed by atoms with E-state index in [0.717, 1.165) is 0 Å². The van der Waals surface area contributed by atoms with Crippen molar-refractivity contribution in [3.05, 3.63) is 43.8 Å². The Balaban J connectivity index is 2.40. The molecule has 0 radical (unpaired) electrons. The molecule has 0 spiro atoms. The maximum atomic E-state index is 2.41. The van der Waals surface area contributed by atoms with E-state index in [1.54, 1.807) is 8.33 Å². The molecule has 0 saturated carbocycles. The third kappa shape index (κ3) is 3.02. The summed E-state index contributed by atoms with van der Waals surface area (Å²) < 4.78 is 3.44.